The van der Waals surface area contributed by atoms with Crippen LogP contribution in [0.5, 0.6) is 0 Å². The monoisotopic (exact) mass is 414 g/mol. The third-order valence-corrected chi connectivity index (χ3v) is 7.28. The van der Waals surface area contributed by atoms with Crippen molar-refractivity contribution in [2.75, 3.05) is 7.11 Å². The van der Waals surface area contributed by atoms with Gasteiger partial charge in [0.2, 0.25) is 0 Å². The summed E-state index contributed by atoms with van der Waals surface area (Å²) in [5.74, 6) is 1.09. The second-order valence-electron chi connectivity index (χ2n) is 9.26. The Labute approximate surface area is 181 Å². The van der Waals surface area contributed by atoms with Crippen molar-refractivity contribution in [3.63, 3.8) is 0 Å². The highest BCUT2D eigenvalue weighted by Crippen LogP contribution is 2.41. The topological polar surface area (TPSA) is 63.6 Å². The zero-order valence-corrected chi connectivity index (χ0v) is 18.5. The summed E-state index contributed by atoms with van der Waals surface area (Å²) >= 11 is 0. The number of carbonyl (C=O) groups excluding carboxylic acids is 2. The third-order valence-electron chi connectivity index (χ3n) is 7.28. The number of rotatable bonds is 10. The molecule has 4 nitrogen and oxygen atoms in total. The van der Waals surface area contributed by atoms with Crippen LogP contribution in [-0.4, -0.2) is 24.0 Å². The highest BCUT2D eigenvalue weighted by Gasteiger charge is 2.35. The van der Waals surface area contributed by atoms with E-state index in [1.54, 1.807) is 0 Å². The molecule has 4 heteroatoms. The van der Waals surface area contributed by atoms with Crippen LogP contribution in [0.4, 0.5) is 0 Å². The van der Waals surface area contributed by atoms with Gasteiger partial charge in [0.25, 0.3) is 0 Å². The van der Waals surface area contributed by atoms with E-state index in [9.17, 15) is 14.7 Å². The molecule has 30 heavy (non-hydrogen) atoms. The van der Waals surface area contributed by atoms with Gasteiger partial charge in [0.1, 0.15) is 5.78 Å². The summed E-state index contributed by atoms with van der Waals surface area (Å²) in [6, 6.07) is 8.46. The maximum Gasteiger partial charge on any atom is 0.305 e. The first-order valence-electron chi connectivity index (χ1n) is 12.0. The Morgan fingerprint density at radius 1 is 1.03 bits per heavy atom. The maximum atomic E-state index is 12.5. The van der Waals surface area contributed by atoms with E-state index >= 15 is 0 Å². The van der Waals surface area contributed by atoms with Crippen molar-refractivity contribution in [2.45, 2.75) is 95.5 Å². The van der Waals surface area contributed by atoms with Crippen LogP contribution in [0.1, 0.15) is 107 Å². The van der Waals surface area contributed by atoms with E-state index in [0.717, 1.165) is 56.9 Å². The van der Waals surface area contributed by atoms with E-state index in [-0.39, 0.29) is 18.0 Å². The van der Waals surface area contributed by atoms with Crippen molar-refractivity contribution in [2.24, 2.45) is 11.8 Å². The number of aliphatic hydroxyl groups is 1. The maximum absolute atomic E-state index is 12.5. The minimum absolute atomic E-state index is 0.125. The molecule has 3 rings (SSSR count). The first-order chi connectivity index (χ1) is 14.6. The number of methoxy groups -OCH3 is 1. The summed E-state index contributed by atoms with van der Waals surface area (Å²) in [4.78, 5) is 23.7. The molecule has 3 unspecified atom stereocenters. The number of esters is 1. The molecule has 3 atom stereocenters. The SMILES string of the molecule is COC(=O)CCCCCCC1C(=O)CCC1c1ccc(C(O)C2CCCCC2)cc1. The van der Waals surface area contributed by atoms with Gasteiger partial charge < -0.3 is 9.84 Å². The first kappa shape index (κ1) is 23.0. The second kappa shape index (κ2) is 11.6. The van der Waals surface area contributed by atoms with Crippen LogP contribution in [0.25, 0.3) is 0 Å². The van der Waals surface area contributed by atoms with Gasteiger partial charge >= 0.3 is 5.97 Å². The van der Waals surface area contributed by atoms with Gasteiger partial charge in [-0.05, 0) is 55.1 Å². The lowest BCUT2D eigenvalue weighted by Gasteiger charge is -2.27. The van der Waals surface area contributed by atoms with E-state index in [1.807, 2.05) is 0 Å². The van der Waals surface area contributed by atoms with Crippen LogP contribution in [-0.2, 0) is 14.3 Å². The number of hydrogen-bond acceptors (Lipinski definition) is 4. The van der Waals surface area contributed by atoms with Crippen LogP contribution in [0.15, 0.2) is 24.3 Å². The van der Waals surface area contributed by atoms with Crippen molar-refractivity contribution >= 4 is 11.8 Å². The minimum atomic E-state index is -0.356. The molecule has 2 saturated carbocycles. The lowest BCUT2D eigenvalue weighted by Crippen LogP contribution is -2.16. The molecule has 0 heterocycles. The number of aliphatic hydroxyl groups excluding tert-OH is 1. The van der Waals surface area contributed by atoms with Crippen molar-refractivity contribution in [1.82, 2.24) is 0 Å². The summed E-state index contributed by atoms with van der Waals surface area (Å²) in [5.41, 5.74) is 2.27. The summed E-state index contributed by atoms with van der Waals surface area (Å²) in [6.45, 7) is 0. The summed E-state index contributed by atoms with van der Waals surface area (Å²) in [5, 5.41) is 10.7. The average Bonchev–Trinajstić information content (AvgIpc) is 3.16. The van der Waals surface area contributed by atoms with Crippen molar-refractivity contribution < 1.29 is 19.4 Å². The van der Waals surface area contributed by atoms with E-state index in [1.165, 1.54) is 31.9 Å². The second-order valence-corrected chi connectivity index (χ2v) is 9.26. The number of ketones is 1. The average molecular weight is 415 g/mol. The molecule has 1 aromatic carbocycles. The standard InChI is InChI=1S/C26H38O4/c1-30-25(28)12-8-3-2-7-11-23-22(17-18-24(23)27)19-13-15-21(16-14-19)26(29)20-9-5-4-6-10-20/h13-16,20,22-23,26,29H,2-12,17-18H2,1H3. The fraction of sp³-hybridized carbons (Fsp3) is 0.692. The Morgan fingerprint density at radius 3 is 2.43 bits per heavy atom. The van der Waals surface area contributed by atoms with Crippen LogP contribution < -0.4 is 0 Å². The number of carbonyl (C=O) groups is 2. The van der Waals surface area contributed by atoms with Crippen LogP contribution in [0.2, 0.25) is 0 Å². The van der Waals surface area contributed by atoms with Gasteiger partial charge in [-0.3, -0.25) is 9.59 Å². The van der Waals surface area contributed by atoms with E-state index < -0.39 is 0 Å². The van der Waals surface area contributed by atoms with Crippen LogP contribution >= 0.6 is 0 Å². The van der Waals surface area contributed by atoms with E-state index in [0.29, 0.717) is 30.5 Å². The molecule has 0 bridgehead atoms. The Balaban J connectivity index is 1.50. The Bertz CT molecular complexity index is 675. The number of hydrogen-bond donors (Lipinski definition) is 1. The van der Waals surface area contributed by atoms with Crippen LogP contribution in [0.3, 0.4) is 0 Å². The lowest BCUT2D eigenvalue weighted by atomic mass is 9.81. The molecule has 1 N–H and O–H groups in total. The highest BCUT2D eigenvalue weighted by molar-refractivity contribution is 5.84. The zero-order chi connectivity index (χ0) is 21.3. The molecule has 0 radical (unpaired) electrons. The van der Waals surface area contributed by atoms with Gasteiger partial charge in [0, 0.05) is 18.8 Å². The molecule has 0 saturated heterocycles. The Hall–Kier alpha value is -1.68. The van der Waals surface area contributed by atoms with Crippen molar-refractivity contribution in [3.8, 4) is 0 Å². The van der Waals surface area contributed by atoms with E-state index in [2.05, 4.69) is 29.0 Å². The number of ether oxygens (including phenoxy) is 1. The quantitative estimate of drug-likeness (QED) is 0.384. The molecule has 0 spiro atoms. The van der Waals surface area contributed by atoms with Gasteiger partial charge in [0.15, 0.2) is 0 Å². The first-order valence-corrected chi connectivity index (χ1v) is 12.0. The van der Waals surface area contributed by atoms with Gasteiger partial charge in [-0.15, -0.1) is 0 Å². The van der Waals surface area contributed by atoms with E-state index in [4.69, 9.17) is 0 Å². The lowest BCUT2D eigenvalue weighted by molar-refractivity contribution is -0.140. The number of unbranched alkanes of at least 4 members (excludes halogenated alkanes) is 3. The molecular weight excluding hydrogens is 376 g/mol. The molecule has 1 aromatic rings. The highest BCUT2D eigenvalue weighted by atomic mass is 16.5. The molecule has 2 aliphatic carbocycles. The molecular formula is C26H38O4. The molecule has 0 aliphatic heterocycles. The van der Waals surface area contributed by atoms with Crippen molar-refractivity contribution in [1.29, 1.82) is 0 Å². The summed E-state index contributed by atoms with van der Waals surface area (Å²) < 4.78 is 4.67. The van der Waals surface area contributed by atoms with Gasteiger partial charge in [-0.2, -0.15) is 0 Å². The van der Waals surface area contributed by atoms with Gasteiger partial charge in [0.05, 0.1) is 13.2 Å². The minimum Gasteiger partial charge on any atom is -0.469 e. The van der Waals surface area contributed by atoms with Gasteiger partial charge in [-0.1, -0.05) is 62.8 Å². The number of Topliss-reactive ketones (excluding diaryl/α,β-unsaturated/α-hetero) is 1. The largest absolute Gasteiger partial charge is 0.469 e. The Morgan fingerprint density at radius 2 is 1.73 bits per heavy atom. The molecule has 2 aliphatic rings. The predicted molar refractivity (Wildman–Crippen MR) is 118 cm³/mol. The fourth-order valence-electron chi connectivity index (χ4n) is 5.42. The Kier molecular flexibility index (Phi) is 8.92. The number of benzene rings is 1. The molecule has 0 aromatic heterocycles. The molecule has 0 amide bonds. The normalized spacial score (nSPS) is 23.5. The predicted octanol–water partition coefficient (Wildman–Crippen LogP) is 5.88. The molecule has 2 fully saturated rings. The summed E-state index contributed by atoms with van der Waals surface area (Å²) in [7, 11) is 1.43. The third kappa shape index (κ3) is 6.16. The summed E-state index contributed by atoms with van der Waals surface area (Å²) in [6.07, 6.45) is 12.7. The molecule has 166 valence electrons. The van der Waals surface area contributed by atoms with Crippen LogP contribution in [0, 0.1) is 11.8 Å². The van der Waals surface area contributed by atoms with Gasteiger partial charge in [-0.25, -0.2) is 0 Å². The fourth-order valence-corrected chi connectivity index (χ4v) is 5.42. The van der Waals surface area contributed by atoms with Crippen molar-refractivity contribution in [3.05, 3.63) is 35.4 Å². The zero-order valence-electron chi connectivity index (χ0n) is 18.5. The smallest absolute Gasteiger partial charge is 0.305 e.